The highest BCUT2D eigenvalue weighted by Crippen LogP contribution is 2.59. The summed E-state index contributed by atoms with van der Waals surface area (Å²) < 4.78 is 4.90. The van der Waals surface area contributed by atoms with Crippen LogP contribution in [-0.2, 0) is 10.2 Å². The van der Waals surface area contributed by atoms with Crippen molar-refractivity contribution >= 4 is 5.97 Å². The molecule has 0 N–H and O–H groups in total. The second-order valence-electron chi connectivity index (χ2n) is 5.61. The molecule has 1 saturated carbocycles. The van der Waals surface area contributed by atoms with Crippen LogP contribution >= 0.6 is 0 Å². The normalized spacial score (nSPS) is 30.7. The highest BCUT2D eigenvalue weighted by Gasteiger charge is 2.57. The van der Waals surface area contributed by atoms with E-state index in [0.717, 1.165) is 25.1 Å². The summed E-state index contributed by atoms with van der Waals surface area (Å²) in [5.74, 6) is 0.506. The van der Waals surface area contributed by atoms with Crippen LogP contribution in [0.3, 0.4) is 0 Å². The zero-order valence-corrected chi connectivity index (χ0v) is 11.0. The number of likely N-dealkylation sites (tertiary alicyclic amines) is 1. The maximum Gasteiger partial charge on any atom is 0.338 e. The third-order valence-corrected chi connectivity index (χ3v) is 4.57. The molecule has 1 aromatic carbocycles. The second-order valence-corrected chi connectivity index (χ2v) is 5.61. The van der Waals surface area contributed by atoms with E-state index in [0.29, 0.717) is 5.92 Å². The third kappa shape index (κ3) is 1.65. The SMILES string of the molecule is COC(=O)c1ccccc1C12CCN(C)CC1C2. The van der Waals surface area contributed by atoms with Gasteiger partial charge in [-0.3, -0.25) is 0 Å². The number of nitrogens with zero attached hydrogens (tertiary/aromatic N) is 1. The Kier molecular flexibility index (Phi) is 2.67. The molecule has 3 rings (SSSR count). The zero-order valence-electron chi connectivity index (χ0n) is 11.0. The lowest BCUT2D eigenvalue weighted by molar-refractivity contribution is 0.0598. The van der Waals surface area contributed by atoms with Gasteiger partial charge in [0.15, 0.2) is 0 Å². The monoisotopic (exact) mass is 245 g/mol. The van der Waals surface area contributed by atoms with Crippen molar-refractivity contribution < 1.29 is 9.53 Å². The van der Waals surface area contributed by atoms with Gasteiger partial charge >= 0.3 is 5.97 Å². The van der Waals surface area contributed by atoms with Crippen LogP contribution in [0.2, 0.25) is 0 Å². The van der Waals surface area contributed by atoms with Gasteiger partial charge in [-0.1, -0.05) is 18.2 Å². The maximum atomic E-state index is 11.9. The van der Waals surface area contributed by atoms with Gasteiger partial charge in [0.25, 0.3) is 0 Å². The average Bonchev–Trinajstić information content (AvgIpc) is 3.12. The van der Waals surface area contributed by atoms with Crippen LogP contribution in [0, 0.1) is 5.92 Å². The Morgan fingerprint density at radius 1 is 1.44 bits per heavy atom. The van der Waals surface area contributed by atoms with Gasteiger partial charge in [0, 0.05) is 12.0 Å². The number of piperidine rings is 1. The van der Waals surface area contributed by atoms with E-state index in [1.54, 1.807) is 0 Å². The van der Waals surface area contributed by atoms with E-state index in [1.165, 1.54) is 19.1 Å². The van der Waals surface area contributed by atoms with Gasteiger partial charge in [0.2, 0.25) is 0 Å². The number of carbonyl (C=O) groups excluding carboxylic acids is 1. The zero-order chi connectivity index (χ0) is 12.8. The predicted octanol–water partition coefficient (Wildman–Crippen LogP) is 2.07. The number of hydrogen-bond acceptors (Lipinski definition) is 3. The molecule has 2 fully saturated rings. The number of esters is 1. The van der Waals surface area contributed by atoms with E-state index in [4.69, 9.17) is 4.74 Å². The van der Waals surface area contributed by atoms with Crippen LogP contribution in [0.5, 0.6) is 0 Å². The fraction of sp³-hybridized carbons (Fsp3) is 0.533. The van der Waals surface area contributed by atoms with E-state index < -0.39 is 0 Å². The van der Waals surface area contributed by atoms with E-state index >= 15 is 0 Å². The molecule has 1 aliphatic carbocycles. The maximum absolute atomic E-state index is 11.9. The summed E-state index contributed by atoms with van der Waals surface area (Å²) in [7, 11) is 3.63. The van der Waals surface area contributed by atoms with Crippen molar-refractivity contribution in [3.8, 4) is 0 Å². The minimum absolute atomic E-state index is 0.204. The molecule has 3 heteroatoms. The molecule has 2 aliphatic rings. The Labute approximate surface area is 108 Å². The van der Waals surface area contributed by atoms with Crippen LogP contribution in [0.4, 0.5) is 0 Å². The number of methoxy groups -OCH3 is 1. The molecule has 96 valence electrons. The van der Waals surface area contributed by atoms with Gasteiger partial charge in [-0.2, -0.15) is 0 Å². The van der Waals surface area contributed by atoms with Gasteiger partial charge in [-0.15, -0.1) is 0 Å². The van der Waals surface area contributed by atoms with Crippen molar-refractivity contribution in [3.63, 3.8) is 0 Å². The summed E-state index contributed by atoms with van der Waals surface area (Å²) in [6.45, 7) is 2.27. The number of benzene rings is 1. The average molecular weight is 245 g/mol. The summed E-state index contributed by atoms with van der Waals surface area (Å²) in [4.78, 5) is 14.3. The van der Waals surface area contributed by atoms with Gasteiger partial charge in [0.1, 0.15) is 0 Å². The van der Waals surface area contributed by atoms with Crippen molar-refractivity contribution in [2.24, 2.45) is 5.92 Å². The Balaban J connectivity index is 1.96. The first-order valence-electron chi connectivity index (χ1n) is 6.54. The quantitative estimate of drug-likeness (QED) is 0.747. The van der Waals surface area contributed by atoms with Crippen molar-refractivity contribution in [1.29, 1.82) is 0 Å². The Morgan fingerprint density at radius 3 is 2.94 bits per heavy atom. The van der Waals surface area contributed by atoms with E-state index in [1.807, 2.05) is 18.2 Å². The first-order chi connectivity index (χ1) is 8.67. The second kappa shape index (κ2) is 4.09. The third-order valence-electron chi connectivity index (χ3n) is 4.57. The largest absolute Gasteiger partial charge is 0.465 e. The molecule has 0 amide bonds. The van der Waals surface area contributed by atoms with Crippen LogP contribution < -0.4 is 0 Å². The molecule has 3 nitrogen and oxygen atoms in total. The fourth-order valence-electron chi connectivity index (χ4n) is 3.45. The molecular formula is C15H19NO2. The molecule has 0 aromatic heterocycles. The van der Waals surface area contributed by atoms with Crippen molar-refractivity contribution in [3.05, 3.63) is 35.4 Å². The molecule has 0 radical (unpaired) electrons. The summed E-state index contributed by atoms with van der Waals surface area (Å²) in [6, 6.07) is 7.95. The van der Waals surface area contributed by atoms with Gasteiger partial charge in [0.05, 0.1) is 12.7 Å². The summed E-state index contributed by atoms with van der Waals surface area (Å²) in [5.41, 5.74) is 2.21. The molecule has 2 unspecified atom stereocenters. The highest BCUT2D eigenvalue weighted by molar-refractivity contribution is 5.91. The summed E-state index contributed by atoms with van der Waals surface area (Å²) >= 11 is 0. The number of hydrogen-bond donors (Lipinski definition) is 0. The van der Waals surface area contributed by atoms with Crippen molar-refractivity contribution in [1.82, 2.24) is 4.90 Å². The number of ether oxygens (including phenoxy) is 1. The molecule has 1 saturated heterocycles. The lowest BCUT2D eigenvalue weighted by Crippen LogP contribution is -2.34. The minimum atomic E-state index is -0.204. The number of carbonyl (C=O) groups is 1. The standard InChI is InChI=1S/C15H19NO2/c1-16-8-7-15(9-11(15)10-16)13-6-4-3-5-12(13)14(17)18-2/h3-6,11H,7-10H2,1-2H3. The summed E-state index contributed by atoms with van der Waals surface area (Å²) in [6.07, 6.45) is 2.37. The summed E-state index contributed by atoms with van der Waals surface area (Å²) in [5, 5.41) is 0. The molecule has 0 spiro atoms. The molecule has 2 atom stereocenters. The molecule has 0 bridgehead atoms. The topological polar surface area (TPSA) is 29.5 Å². The van der Waals surface area contributed by atoms with Gasteiger partial charge in [-0.05, 0) is 44.0 Å². The Morgan fingerprint density at radius 2 is 2.22 bits per heavy atom. The molecular weight excluding hydrogens is 226 g/mol. The Hall–Kier alpha value is -1.35. The Bertz CT molecular complexity index is 485. The fourth-order valence-corrected chi connectivity index (χ4v) is 3.45. The number of rotatable bonds is 2. The van der Waals surface area contributed by atoms with Crippen molar-refractivity contribution in [2.45, 2.75) is 18.3 Å². The van der Waals surface area contributed by atoms with Crippen LogP contribution in [0.25, 0.3) is 0 Å². The smallest absolute Gasteiger partial charge is 0.338 e. The van der Waals surface area contributed by atoms with Crippen LogP contribution in [0.15, 0.2) is 24.3 Å². The highest BCUT2D eigenvalue weighted by atomic mass is 16.5. The van der Waals surface area contributed by atoms with E-state index in [-0.39, 0.29) is 11.4 Å². The van der Waals surface area contributed by atoms with Gasteiger partial charge in [-0.25, -0.2) is 4.79 Å². The molecule has 1 heterocycles. The van der Waals surface area contributed by atoms with E-state index in [2.05, 4.69) is 18.0 Å². The first-order valence-corrected chi connectivity index (χ1v) is 6.54. The molecule has 18 heavy (non-hydrogen) atoms. The molecule has 1 aromatic rings. The minimum Gasteiger partial charge on any atom is -0.465 e. The van der Waals surface area contributed by atoms with E-state index in [9.17, 15) is 4.79 Å². The predicted molar refractivity (Wildman–Crippen MR) is 69.7 cm³/mol. The lowest BCUT2D eigenvalue weighted by Gasteiger charge is -2.30. The molecule has 1 aliphatic heterocycles. The number of fused-ring (bicyclic) bond motifs is 1. The van der Waals surface area contributed by atoms with Crippen LogP contribution in [-0.4, -0.2) is 38.1 Å². The lowest BCUT2D eigenvalue weighted by atomic mass is 9.84. The first kappa shape index (κ1) is 11.7. The van der Waals surface area contributed by atoms with Crippen LogP contribution in [0.1, 0.15) is 28.8 Å². The van der Waals surface area contributed by atoms with Gasteiger partial charge < -0.3 is 9.64 Å². The van der Waals surface area contributed by atoms with Crippen molar-refractivity contribution in [2.75, 3.05) is 27.2 Å².